The molecule has 6 heteroatoms. The number of ether oxygens (including phenoxy) is 1. The molecular weight excluding hydrogens is 343 g/mol. The Morgan fingerprint density at radius 3 is 2.27 bits per heavy atom. The number of hydrogen-bond acceptors (Lipinski definition) is 3. The molecule has 2 aromatic carbocycles. The molecule has 0 unspecified atom stereocenters. The van der Waals surface area contributed by atoms with Crippen LogP contribution < -0.4 is 4.74 Å². The highest BCUT2D eigenvalue weighted by atomic mass is 19.4. The van der Waals surface area contributed by atoms with Crippen LogP contribution in [0.25, 0.3) is 11.1 Å². The van der Waals surface area contributed by atoms with E-state index in [4.69, 9.17) is 0 Å². The third kappa shape index (κ3) is 4.69. The van der Waals surface area contributed by atoms with Crippen molar-refractivity contribution in [3.8, 4) is 16.9 Å². The number of rotatable bonds is 5. The fourth-order valence-electron chi connectivity index (χ4n) is 2.50. The molecule has 0 atom stereocenters. The van der Waals surface area contributed by atoms with E-state index in [1.54, 1.807) is 42.7 Å². The van der Waals surface area contributed by atoms with Crippen molar-refractivity contribution in [2.45, 2.75) is 12.8 Å². The predicted molar refractivity (Wildman–Crippen MR) is 90.8 cm³/mol. The van der Waals surface area contributed by atoms with E-state index in [0.717, 1.165) is 5.56 Å². The Hall–Kier alpha value is -3.15. The number of alkyl halides is 3. The summed E-state index contributed by atoms with van der Waals surface area (Å²) in [6.07, 6.45) is -1.33. The molecule has 0 saturated carbocycles. The quantitative estimate of drug-likeness (QED) is 0.598. The van der Waals surface area contributed by atoms with E-state index in [2.05, 4.69) is 9.72 Å². The van der Waals surface area contributed by atoms with Gasteiger partial charge in [-0.05, 0) is 29.3 Å². The lowest BCUT2D eigenvalue weighted by Gasteiger charge is -2.09. The standard InChI is InChI=1S/C20H14F3NO2/c21-20(22,23)26-18-8-6-15(7-9-18)17-10-14(12-24-13-17)11-19(25)16-4-2-1-3-5-16/h1-10,12-13H,11H2. The van der Waals surface area contributed by atoms with Crippen LogP contribution in [0.15, 0.2) is 73.1 Å². The Labute approximate surface area is 148 Å². The van der Waals surface area contributed by atoms with E-state index in [0.29, 0.717) is 16.7 Å². The number of hydrogen-bond donors (Lipinski definition) is 0. The summed E-state index contributed by atoms with van der Waals surface area (Å²) >= 11 is 0. The van der Waals surface area contributed by atoms with Gasteiger partial charge in [-0.2, -0.15) is 0 Å². The molecule has 0 spiro atoms. The summed E-state index contributed by atoms with van der Waals surface area (Å²) in [5.41, 5.74) is 2.74. The number of pyridine rings is 1. The van der Waals surface area contributed by atoms with Gasteiger partial charge in [-0.1, -0.05) is 42.5 Å². The first-order chi connectivity index (χ1) is 12.4. The molecule has 0 radical (unpaired) electrons. The van der Waals surface area contributed by atoms with E-state index in [-0.39, 0.29) is 18.0 Å². The average Bonchev–Trinajstić information content (AvgIpc) is 2.62. The maximum absolute atomic E-state index is 12.3. The molecule has 26 heavy (non-hydrogen) atoms. The van der Waals surface area contributed by atoms with Gasteiger partial charge in [0.05, 0.1) is 0 Å². The molecule has 3 nitrogen and oxygen atoms in total. The Morgan fingerprint density at radius 2 is 1.62 bits per heavy atom. The van der Waals surface area contributed by atoms with Crippen LogP contribution >= 0.6 is 0 Å². The highest BCUT2D eigenvalue weighted by Gasteiger charge is 2.30. The molecule has 0 aliphatic heterocycles. The molecule has 3 rings (SSSR count). The summed E-state index contributed by atoms with van der Waals surface area (Å²) in [4.78, 5) is 16.4. The van der Waals surface area contributed by atoms with Gasteiger partial charge < -0.3 is 4.74 Å². The Kier molecular flexibility index (Phi) is 5.02. The number of aromatic nitrogens is 1. The molecule has 0 fully saturated rings. The average molecular weight is 357 g/mol. The Bertz CT molecular complexity index is 891. The van der Waals surface area contributed by atoms with Gasteiger partial charge in [0.15, 0.2) is 5.78 Å². The maximum atomic E-state index is 12.3. The summed E-state index contributed by atoms with van der Waals surface area (Å²) in [6, 6.07) is 16.2. The van der Waals surface area contributed by atoms with Crippen LogP contribution in [0.1, 0.15) is 15.9 Å². The van der Waals surface area contributed by atoms with E-state index in [1.165, 1.54) is 24.3 Å². The van der Waals surface area contributed by atoms with Crippen molar-refractivity contribution in [1.82, 2.24) is 4.98 Å². The van der Waals surface area contributed by atoms with Crippen molar-refractivity contribution < 1.29 is 22.7 Å². The molecule has 0 amide bonds. The van der Waals surface area contributed by atoms with Crippen molar-refractivity contribution in [3.05, 3.63) is 84.2 Å². The normalized spacial score (nSPS) is 11.2. The van der Waals surface area contributed by atoms with E-state index in [9.17, 15) is 18.0 Å². The molecule has 0 saturated heterocycles. The minimum atomic E-state index is -4.72. The summed E-state index contributed by atoms with van der Waals surface area (Å²) in [7, 11) is 0. The lowest BCUT2D eigenvalue weighted by molar-refractivity contribution is -0.274. The lowest BCUT2D eigenvalue weighted by Crippen LogP contribution is -2.16. The summed E-state index contributed by atoms with van der Waals surface area (Å²) in [6.45, 7) is 0. The fraction of sp³-hybridized carbons (Fsp3) is 0.100. The third-order valence-corrected chi connectivity index (χ3v) is 3.68. The maximum Gasteiger partial charge on any atom is 0.573 e. The number of ketones is 1. The monoisotopic (exact) mass is 357 g/mol. The third-order valence-electron chi connectivity index (χ3n) is 3.68. The molecular formula is C20H14F3NO2. The zero-order valence-electron chi connectivity index (χ0n) is 13.5. The number of Topliss-reactive ketones (excluding diaryl/α,β-unsaturated/α-hetero) is 1. The first-order valence-electron chi connectivity index (χ1n) is 7.79. The van der Waals surface area contributed by atoms with Gasteiger partial charge in [-0.15, -0.1) is 13.2 Å². The van der Waals surface area contributed by atoms with Gasteiger partial charge in [0.25, 0.3) is 0 Å². The van der Waals surface area contributed by atoms with E-state index in [1.807, 2.05) is 6.07 Å². The molecule has 0 aliphatic carbocycles. The van der Waals surface area contributed by atoms with Crippen molar-refractivity contribution in [3.63, 3.8) is 0 Å². The molecule has 0 aliphatic rings. The second-order valence-electron chi connectivity index (χ2n) is 5.62. The fourth-order valence-corrected chi connectivity index (χ4v) is 2.50. The zero-order chi connectivity index (χ0) is 18.6. The molecule has 1 aromatic heterocycles. The summed E-state index contributed by atoms with van der Waals surface area (Å²) < 4.78 is 40.5. The predicted octanol–water partition coefficient (Wildman–Crippen LogP) is 5.07. The second-order valence-corrected chi connectivity index (χ2v) is 5.62. The minimum absolute atomic E-state index is 0.0292. The first-order valence-corrected chi connectivity index (χ1v) is 7.79. The van der Waals surface area contributed by atoms with Crippen LogP contribution in [0.5, 0.6) is 5.75 Å². The van der Waals surface area contributed by atoms with Gasteiger partial charge in [-0.3, -0.25) is 9.78 Å². The number of halogens is 3. The second kappa shape index (κ2) is 7.39. The number of benzene rings is 2. The zero-order valence-corrected chi connectivity index (χ0v) is 13.5. The van der Waals surface area contributed by atoms with Gasteiger partial charge in [-0.25, -0.2) is 0 Å². The van der Waals surface area contributed by atoms with Gasteiger partial charge in [0, 0.05) is 29.9 Å². The Balaban J connectivity index is 1.76. The first kappa shape index (κ1) is 17.7. The van der Waals surface area contributed by atoms with Gasteiger partial charge in [0.1, 0.15) is 5.75 Å². The highest BCUT2D eigenvalue weighted by molar-refractivity contribution is 5.97. The minimum Gasteiger partial charge on any atom is -0.406 e. The van der Waals surface area contributed by atoms with Crippen LogP contribution in [0.2, 0.25) is 0 Å². The molecule has 1 heterocycles. The van der Waals surface area contributed by atoms with Crippen LogP contribution in [0, 0.1) is 0 Å². The topological polar surface area (TPSA) is 39.2 Å². The smallest absolute Gasteiger partial charge is 0.406 e. The molecule has 0 N–H and O–H groups in total. The van der Waals surface area contributed by atoms with Crippen molar-refractivity contribution in [2.24, 2.45) is 0 Å². The number of carbonyl (C=O) groups is 1. The van der Waals surface area contributed by atoms with Crippen LogP contribution in [0.3, 0.4) is 0 Å². The van der Waals surface area contributed by atoms with E-state index >= 15 is 0 Å². The summed E-state index contributed by atoms with van der Waals surface area (Å²) in [5.74, 6) is -0.317. The number of nitrogens with zero attached hydrogens (tertiary/aromatic N) is 1. The van der Waals surface area contributed by atoms with Crippen LogP contribution in [-0.2, 0) is 6.42 Å². The largest absolute Gasteiger partial charge is 0.573 e. The van der Waals surface area contributed by atoms with E-state index < -0.39 is 6.36 Å². The van der Waals surface area contributed by atoms with Gasteiger partial charge >= 0.3 is 6.36 Å². The highest BCUT2D eigenvalue weighted by Crippen LogP contribution is 2.26. The summed E-state index contributed by atoms with van der Waals surface area (Å²) in [5, 5.41) is 0. The molecule has 0 bridgehead atoms. The lowest BCUT2D eigenvalue weighted by atomic mass is 10.0. The van der Waals surface area contributed by atoms with Crippen molar-refractivity contribution in [2.75, 3.05) is 0 Å². The van der Waals surface area contributed by atoms with Crippen LogP contribution in [0.4, 0.5) is 13.2 Å². The SMILES string of the molecule is O=C(Cc1cncc(-c2ccc(OC(F)(F)F)cc2)c1)c1ccccc1. The molecule has 3 aromatic rings. The Morgan fingerprint density at radius 1 is 0.923 bits per heavy atom. The van der Waals surface area contributed by atoms with Crippen LogP contribution in [-0.4, -0.2) is 17.1 Å². The molecule has 132 valence electrons. The van der Waals surface area contributed by atoms with Crippen molar-refractivity contribution in [1.29, 1.82) is 0 Å². The van der Waals surface area contributed by atoms with Gasteiger partial charge in [0.2, 0.25) is 0 Å². The number of carbonyl (C=O) groups excluding carboxylic acids is 1. The van der Waals surface area contributed by atoms with Crippen molar-refractivity contribution >= 4 is 5.78 Å².